The normalized spacial score (nSPS) is 17.0. The van der Waals surface area contributed by atoms with Crippen LogP contribution in [0.1, 0.15) is 18.9 Å². The van der Waals surface area contributed by atoms with Gasteiger partial charge in [-0.2, -0.15) is 0 Å². The highest BCUT2D eigenvalue weighted by atomic mass is 19.1. The van der Waals surface area contributed by atoms with Crippen LogP contribution in [0.4, 0.5) is 10.1 Å². The zero-order chi connectivity index (χ0) is 18.0. The summed E-state index contributed by atoms with van der Waals surface area (Å²) in [4.78, 5) is 43.5. The van der Waals surface area contributed by atoms with Gasteiger partial charge in [-0.15, -0.1) is 0 Å². The van der Waals surface area contributed by atoms with Gasteiger partial charge in [0.25, 0.3) is 5.91 Å². The zero-order valence-electron chi connectivity index (χ0n) is 13.6. The van der Waals surface area contributed by atoms with Crippen molar-refractivity contribution >= 4 is 23.4 Å². The second kappa shape index (κ2) is 6.80. The van der Waals surface area contributed by atoms with Crippen molar-refractivity contribution in [2.45, 2.75) is 25.9 Å². The molecule has 0 N–H and O–H groups in total. The minimum Gasteiger partial charge on any atom is -0.326 e. The van der Waals surface area contributed by atoms with E-state index in [4.69, 9.17) is 0 Å². The summed E-state index contributed by atoms with van der Waals surface area (Å²) in [5.74, 6) is -1.67. The van der Waals surface area contributed by atoms with E-state index >= 15 is 0 Å². The first-order valence-corrected chi connectivity index (χ1v) is 7.76. The highest BCUT2D eigenvalue weighted by Gasteiger charge is 2.43. The number of aromatic nitrogens is 1. The Balaban J connectivity index is 1.86. The van der Waals surface area contributed by atoms with Crippen molar-refractivity contribution in [1.82, 2.24) is 9.88 Å². The van der Waals surface area contributed by atoms with E-state index in [2.05, 4.69) is 4.98 Å². The SMILES string of the molecule is CC(=O)N(Cc1cccnc1)C1CC(=O)N(c2ccc(F)cc2)C1=O. The number of anilines is 1. The minimum absolute atomic E-state index is 0.101. The summed E-state index contributed by atoms with van der Waals surface area (Å²) in [6.07, 6.45) is 3.12. The number of nitrogens with zero attached hydrogens (tertiary/aromatic N) is 3. The molecule has 0 bridgehead atoms. The number of hydrogen-bond donors (Lipinski definition) is 0. The quantitative estimate of drug-likeness (QED) is 0.797. The number of benzene rings is 1. The molecule has 0 saturated carbocycles. The summed E-state index contributed by atoms with van der Waals surface area (Å²) in [6, 6.07) is 7.75. The molecule has 3 rings (SSSR count). The van der Waals surface area contributed by atoms with Crippen LogP contribution in [0.25, 0.3) is 0 Å². The Labute approximate surface area is 143 Å². The van der Waals surface area contributed by atoms with Crippen LogP contribution in [0.2, 0.25) is 0 Å². The van der Waals surface area contributed by atoms with Gasteiger partial charge >= 0.3 is 0 Å². The number of pyridine rings is 1. The Hall–Kier alpha value is -3.09. The van der Waals surface area contributed by atoms with Crippen LogP contribution in [-0.4, -0.2) is 33.6 Å². The van der Waals surface area contributed by atoms with Gasteiger partial charge < -0.3 is 4.90 Å². The highest BCUT2D eigenvalue weighted by Crippen LogP contribution is 2.26. The predicted molar refractivity (Wildman–Crippen MR) is 87.8 cm³/mol. The first-order valence-electron chi connectivity index (χ1n) is 7.76. The molecule has 2 heterocycles. The number of hydrogen-bond acceptors (Lipinski definition) is 4. The lowest BCUT2D eigenvalue weighted by Gasteiger charge is -2.26. The first-order chi connectivity index (χ1) is 12.0. The molecule has 1 atom stereocenters. The van der Waals surface area contributed by atoms with E-state index in [0.717, 1.165) is 10.5 Å². The lowest BCUT2D eigenvalue weighted by Crippen LogP contribution is -2.44. The zero-order valence-corrected chi connectivity index (χ0v) is 13.6. The molecule has 1 fully saturated rings. The molecule has 2 aromatic rings. The van der Waals surface area contributed by atoms with Gasteiger partial charge in [0.1, 0.15) is 11.9 Å². The molecule has 7 heteroatoms. The van der Waals surface area contributed by atoms with Gasteiger partial charge in [0.2, 0.25) is 11.8 Å². The van der Waals surface area contributed by atoms with Crippen LogP contribution in [0.3, 0.4) is 0 Å². The van der Waals surface area contributed by atoms with Crippen molar-refractivity contribution < 1.29 is 18.8 Å². The van der Waals surface area contributed by atoms with Gasteiger partial charge in [-0.3, -0.25) is 19.4 Å². The van der Waals surface area contributed by atoms with Crippen molar-refractivity contribution in [2.75, 3.05) is 4.90 Å². The molecule has 6 nitrogen and oxygen atoms in total. The lowest BCUT2D eigenvalue weighted by molar-refractivity contribution is -0.137. The van der Waals surface area contributed by atoms with Crippen LogP contribution in [-0.2, 0) is 20.9 Å². The molecule has 3 amide bonds. The highest BCUT2D eigenvalue weighted by molar-refractivity contribution is 6.22. The molecular formula is C18H16FN3O3. The molecule has 0 aliphatic carbocycles. The number of carbonyl (C=O) groups is 3. The Morgan fingerprint density at radius 1 is 1.28 bits per heavy atom. The first kappa shape index (κ1) is 16.8. The summed E-state index contributed by atoms with van der Waals surface area (Å²) in [5.41, 5.74) is 1.06. The smallest absolute Gasteiger partial charge is 0.257 e. The van der Waals surface area contributed by atoms with Crippen LogP contribution >= 0.6 is 0 Å². The standard InChI is InChI=1S/C18H16FN3O3/c1-12(23)21(11-13-3-2-8-20-10-13)16-9-17(24)22(18(16)25)15-6-4-14(19)5-7-15/h2-8,10,16H,9,11H2,1H3. The molecule has 1 aromatic carbocycles. The van der Waals surface area contributed by atoms with Gasteiger partial charge in [-0.25, -0.2) is 9.29 Å². The van der Waals surface area contributed by atoms with Gasteiger partial charge in [0.05, 0.1) is 12.1 Å². The Morgan fingerprint density at radius 3 is 2.60 bits per heavy atom. The number of rotatable bonds is 4. The fourth-order valence-corrected chi connectivity index (χ4v) is 2.85. The van der Waals surface area contributed by atoms with E-state index in [1.54, 1.807) is 24.5 Å². The Bertz CT molecular complexity index is 808. The maximum Gasteiger partial charge on any atom is 0.257 e. The summed E-state index contributed by atoms with van der Waals surface area (Å²) < 4.78 is 13.1. The molecule has 0 spiro atoms. The minimum atomic E-state index is -0.879. The largest absolute Gasteiger partial charge is 0.326 e. The number of imide groups is 1. The predicted octanol–water partition coefficient (Wildman–Crippen LogP) is 1.90. The maximum absolute atomic E-state index is 13.1. The summed E-state index contributed by atoms with van der Waals surface area (Å²) in [5, 5.41) is 0. The van der Waals surface area contributed by atoms with Crippen LogP contribution in [0.15, 0.2) is 48.8 Å². The number of halogens is 1. The molecule has 1 unspecified atom stereocenters. The second-order valence-corrected chi connectivity index (χ2v) is 5.77. The second-order valence-electron chi connectivity index (χ2n) is 5.77. The molecule has 1 aromatic heterocycles. The molecule has 1 aliphatic rings. The summed E-state index contributed by atoms with van der Waals surface area (Å²) >= 11 is 0. The van der Waals surface area contributed by atoms with Crippen molar-refractivity contribution in [2.24, 2.45) is 0 Å². The number of amides is 3. The molecule has 1 saturated heterocycles. The van der Waals surface area contributed by atoms with Crippen molar-refractivity contribution in [1.29, 1.82) is 0 Å². The average molecular weight is 341 g/mol. The molecule has 0 radical (unpaired) electrons. The topological polar surface area (TPSA) is 70.6 Å². The van der Waals surface area contributed by atoms with Crippen molar-refractivity contribution in [3.05, 3.63) is 60.2 Å². The van der Waals surface area contributed by atoms with Crippen LogP contribution < -0.4 is 4.90 Å². The summed E-state index contributed by atoms with van der Waals surface area (Å²) in [6.45, 7) is 1.54. The third kappa shape index (κ3) is 3.40. The fourth-order valence-electron chi connectivity index (χ4n) is 2.85. The van der Waals surface area contributed by atoms with Gasteiger partial charge in [0, 0.05) is 25.9 Å². The van der Waals surface area contributed by atoms with E-state index in [-0.39, 0.29) is 18.9 Å². The van der Waals surface area contributed by atoms with Crippen LogP contribution in [0, 0.1) is 5.82 Å². The fraction of sp³-hybridized carbons (Fsp3) is 0.222. The Morgan fingerprint density at radius 2 is 2.00 bits per heavy atom. The lowest BCUT2D eigenvalue weighted by atomic mass is 10.1. The number of carbonyl (C=O) groups excluding carboxylic acids is 3. The molecule has 128 valence electrons. The van der Waals surface area contributed by atoms with Crippen LogP contribution in [0.5, 0.6) is 0 Å². The molecular weight excluding hydrogens is 325 g/mol. The molecule has 25 heavy (non-hydrogen) atoms. The average Bonchev–Trinajstić information content (AvgIpc) is 2.89. The van der Waals surface area contributed by atoms with Crippen molar-refractivity contribution in [3.63, 3.8) is 0 Å². The van der Waals surface area contributed by atoms with E-state index in [0.29, 0.717) is 5.69 Å². The third-order valence-corrected chi connectivity index (χ3v) is 4.06. The van der Waals surface area contributed by atoms with Gasteiger partial charge in [-0.05, 0) is 35.9 Å². The van der Waals surface area contributed by atoms with Gasteiger partial charge in [-0.1, -0.05) is 6.07 Å². The van der Waals surface area contributed by atoms with Crippen molar-refractivity contribution in [3.8, 4) is 0 Å². The third-order valence-electron chi connectivity index (χ3n) is 4.06. The van der Waals surface area contributed by atoms with E-state index in [1.807, 2.05) is 0 Å². The molecule has 1 aliphatic heterocycles. The van der Waals surface area contributed by atoms with E-state index in [1.165, 1.54) is 36.1 Å². The van der Waals surface area contributed by atoms with E-state index < -0.39 is 23.7 Å². The van der Waals surface area contributed by atoms with Gasteiger partial charge in [0.15, 0.2) is 0 Å². The maximum atomic E-state index is 13.1. The van der Waals surface area contributed by atoms with E-state index in [9.17, 15) is 18.8 Å². The summed E-state index contributed by atoms with van der Waals surface area (Å²) in [7, 11) is 0. The monoisotopic (exact) mass is 341 g/mol. The Kier molecular flexibility index (Phi) is 4.56.